The molecule has 1 fully saturated rings. The van der Waals surface area contributed by atoms with Gasteiger partial charge in [-0.25, -0.2) is 9.97 Å². The van der Waals surface area contributed by atoms with Crippen LogP contribution in [0.2, 0.25) is 0 Å². The van der Waals surface area contributed by atoms with Crippen LogP contribution in [0.3, 0.4) is 0 Å². The Balaban J connectivity index is 1.37. The van der Waals surface area contributed by atoms with Crippen molar-refractivity contribution in [3.63, 3.8) is 0 Å². The summed E-state index contributed by atoms with van der Waals surface area (Å²) in [6.07, 6.45) is 3.87. The molecular weight excluding hydrogens is 334 g/mol. The van der Waals surface area contributed by atoms with E-state index in [9.17, 15) is 4.79 Å². The second-order valence-corrected chi connectivity index (χ2v) is 6.35. The third-order valence-corrected chi connectivity index (χ3v) is 4.89. The Morgan fingerprint density at radius 3 is 2.58 bits per heavy atom. The monoisotopic (exact) mass is 355 g/mol. The van der Waals surface area contributed by atoms with Gasteiger partial charge >= 0.3 is 0 Å². The van der Waals surface area contributed by atoms with Crippen molar-refractivity contribution in [2.75, 3.05) is 43.2 Å². The summed E-state index contributed by atoms with van der Waals surface area (Å²) in [6, 6.07) is 6.45. The lowest BCUT2D eigenvalue weighted by atomic mass is 10.1. The summed E-state index contributed by atoms with van der Waals surface area (Å²) < 4.78 is 10.9. The summed E-state index contributed by atoms with van der Waals surface area (Å²) in [5.74, 6) is 2.33. The van der Waals surface area contributed by atoms with Crippen LogP contribution in [0.1, 0.15) is 18.5 Å². The van der Waals surface area contributed by atoms with E-state index in [1.54, 1.807) is 12.4 Å². The van der Waals surface area contributed by atoms with Crippen LogP contribution in [0.25, 0.3) is 0 Å². The third kappa shape index (κ3) is 3.28. The molecule has 0 bridgehead atoms. The van der Waals surface area contributed by atoms with Crippen LogP contribution < -0.4 is 19.7 Å². The molecule has 2 aliphatic heterocycles. The average Bonchev–Trinajstić information content (AvgIpc) is 3.16. The molecule has 2 aromatic rings. The number of piperazine rings is 1. The zero-order valence-corrected chi connectivity index (χ0v) is 14.6. The van der Waals surface area contributed by atoms with Gasteiger partial charge in [-0.1, -0.05) is 6.07 Å². The first-order valence-corrected chi connectivity index (χ1v) is 8.65. The molecule has 1 aromatic carbocycles. The molecule has 1 aromatic heterocycles. The molecule has 2 aliphatic rings. The fraction of sp³-hybridized carbons (Fsp3) is 0.389. The van der Waals surface area contributed by atoms with Gasteiger partial charge in [0, 0.05) is 32.2 Å². The normalized spacial score (nSPS) is 17.8. The summed E-state index contributed by atoms with van der Waals surface area (Å²) in [5.41, 5.74) is 1.82. The van der Waals surface area contributed by atoms with Crippen LogP contribution in [-0.2, 0) is 4.79 Å². The van der Waals surface area contributed by atoms with Crippen LogP contribution in [0, 0.1) is 0 Å². The van der Waals surface area contributed by atoms with Gasteiger partial charge in [-0.3, -0.25) is 9.69 Å². The van der Waals surface area contributed by atoms with Crippen molar-refractivity contribution in [1.29, 1.82) is 0 Å². The first kappa shape index (κ1) is 16.6. The first-order valence-electron chi connectivity index (χ1n) is 8.65. The number of aromatic nitrogens is 2. The van der Waals surface area contributed by atoms with E-state index in [1.165, 1.54) is 5.56 Å². The molecule has 1 saturated heterocycles. The van der Waals surface area contributed by atoms with Gasteiger partial charge in [0.2, 0.25) is 19.2 Å². The van der Waals surface area contributed by atoms with Gasteiger partial charge in [-0.2, -0.15) is 0 Å². The molecule has 0 radical (unpaired) electrons. The fourth-order valence-corrected chi connectivity index (χ4v) is 3.32. The number of benzene rings is 1. The van der Waals surface area contributed by atoms with Gasteiger partial charge in [0.25, 0.3) is 0 Å². The minimum atomic E-state index is 0.298. The zero-order chi connectivity index (χ0) is 17.9. The van der Waals surface area contributed by atoms with Crippen LogP contribution in [-0.4, -0.2) is 54.2 Å². The Bertz CT molecular complexity index is 775. The maximum absolute atomic E-state index is 10.4. The standard InChI is InChI=1S/C18H21N5O3/c1-13(14-2-3-16-17(8-14)26-12-25-16)22-4-6-23(7-5-22)18-19-9-15(10-20-18)21-11-24/h2-3,8-11,13H,4-7,12H2,1H3,(H,21,24)/t13-/m1/s1. The van der Waals surface area contributed by atoms with Crippen molar-refractivity contribution in [3.8, 4) is 11.5 Å². The number of amides is 1. The first-order chi connectivity index (χ1) is 12.7. The van der Waals surface area contributed by atoms with Crippen molar-refractivity contribution in [2.24, 2.45) is 0 Å². The number of carbonyl (C=O) groups is 1. The largest absolute Gasteiger partial charge is 0.454 e. The van der Waals surface area contributed by atoms with E-state index >= 15 is 0 Å². The lowest BCUT2D eigenvalue weighted by Crippen LogP contribution is -2.47. The van der Waals surface area contributed by atoms with Gasteiger partial charge in [0.05, 0.1) is 18.1 Å². The number of carbonyl (C=O) groups excluding carboxylic acids is 1. The zero-order valence-electron chi connectivity index (χ0n) is 14.6. The van der Waals surface area contributed by atoms with Gasteiger partial charge < -0.3 is 19.7 Å². The highest BCUT2D eigenvalue weighted by molar-refractivity contribution is 5.70. The predicted molar refractivity (Wildman–Crippen MR) is 96.5 cm³/mol. The van der Waals surface area contributed by atoms with Crippen molar-refractivity contribution in [2.45, 2.75) is 13.0 Å². The molecule has 0 aliphatic carbocycles. The highest BCUT2D eigenvalue weighted by atomic mass is 16.7. The van der Waals surface area contributed by atoms with E-state index in [4.69, 9.17) is 9.47 Å². The van der Waals surface area contributed by atoms with E-state index in [0.29, 0.717) is 30.9 Å². The molecule has 0 unspecified atom stereocenters. The summed E-state index contributed by atoms with van der Waals surface area (Å²) in [4.78, 5) is 23.7. The number of anilines is 2. The summed E-state index contributed by atoms with van der Waals surface area (Å²) in [7, 11) is 0. The number of nitrogens with zero attached hydrogens (tertiary/aromatic N) is 4. The van der Waals surface area contributed by atoms with Crippen molar-refractivity contribution < 1.29 is 14.3 Å². The lowest BCUT2D eigenvalue weighted by molar-refractivity contribution is -0.105. The minimum absolute atomic E-state index is 0.298. The maximum Gasteiger partial charge on any atom is 0.231 e. The number of hydrogen-bond donors (Lipinski definition) is 1. The average molecular weight is 355 g/mol. The number of rotatable bonds is 5. The Morgan fingerprint density at radius 1 is 1.12 bits per heavy atom. The number of fused-ring (bicyclic) bond motifs is 1. The molecule has 0 saturated carbocycles. The molecule has 26 heavy (non-hydrogen) atoms. The maximum atomic E-state index is 10.4. The molecule has 3 heterocycles. The fourth-order valence-electron chi connectivity index (χ4n) is 3.32. The minimum Gasteiger partial charge on any atom is -0.454 e. The van der Waals surface area contributed by atoms with E-state index in [-0.39, 0.29) is 0 Å². The van der Waals surface area contributed by atoms with E-state index in [0.717, 1.165) is 37.7 Å². The quantitative estimate of drug-likeness (QED) is 0.817. The third-order valence-electron chi connectivity index (χ3n) is 4.89. The SMILES string of the molecule is C[C@H](c1ccc2c(c1)OCO2)N1CCN(c2ncc(NC=O)cn2)CC1. The molecule has 136 valence electrons. The van der Waals surface area contributed by atoms with E-state index < -0.39 is 0 Å². The Morgan fingerprint density at radius 2 is 1.85 bits per heavy atom. The smallest absolute Gasteiger partial charge is 0.231 e. The molecular formula is C18H21N5O3. The topological polar surface area (TPSA) is 79.8 Å². The van der Waals surface area contributed by atoms with Crippen LogP contribution in [0.15, 0.2) is 30.6 Å². The molecule has 0 spiro atoms. The molecule has 4 rings (SSSR count). The molecule has 1 amide bonds. The van der Waals surface area contributed by atoms with E-state index in [2.05, 4.69) is 44.1 Å². The second-order valence-electron chi connectivity index (χ2n) is 6.35. The molecule has 1 atom stereocenters. The number of ether oxygens (including phenoxy) is 2. The van der Waals surface area contributed by atoms with Gasteiger partial charge in [0.1, 0.15) is 0 Å². The Kier molecular flexibility index (Phi) is 4.57. The Labute approximate surface area is 151 Å². The van der Waals surface area contributed by atoms with Gasteiger partial charge in [-0.05, 0) is 24.6 Å². The van der Waals surface area contributed by atoms with Gasteiger partial charge in [-0.15, -0.1) is 0 Å². The summed E-state index contributed by atoms with van der Waals surface area (Å²) in [5, 5.41) is 2.54. The van der Waals surface area contributed by atoms with Crippen molar-refractivity contribution in [3.05, 3.63) is 36.2 Å². The predicted octanol–water partition coefficient (Wildman–Crippen LogP) is 1.66. The lowest BCUT2D eigenvalue weighted by Gasteiger charge is -2.38. The number of nitrogens with one attached hydrogen (secondary N) is 1. The van der Waals surface area contributed by atoms with Crippen LogP contribution in [0.5, 0.6) is 11.5 Å². The highest BCUT2D eigenvalue weighted by Gasteiger charge is 2.24. The second kappa shape index (κ2) is 7.17. The van der Waals surface area contributed by atoms with Crippen molar-refractivity contribution >= 4 is 18.0 Å². The van der Waals surface area contributed by atoms with E-state index in [1.807, 2.05) is 6.07 Å². The number of hydrogen-bond acceptors (Lipinski definition) is 7. The Hall–Kier alpha value is -2.87. The molecule has 1 N–H and O–H groups in total. The van der Waals surface area contributed by atoms with Crippen LogP contribution >= 0.6 is 0 Å². The highest BCUT2D eigenvalue weighted by Crippen LogP contribution is 2.35. The van der Waals surface area contributed by atoms with Crippen molar-refractivity contribution in [1.82, 2.24) is 14.9 Å². The van der Waals surface area contributed by atoms with Crippen LogP contribution in [0.4, 0.5) is 11.6 Å². The van der Waals surface area contributed by atoms with Gasteiger partial charge in [0.15, 0.2) is 11.5 Å². The summed E-state index contributed by atoms with van der Waals surface area (Å²) >= 11 is 0. The molecule has 8 heteroatoms. The summed E-state index contributed by atoms with van der Waals surface area (Å²) in [6.45, 7) is 6.07. The molecule has 8 nitrogen and oxygen atoms in total.